The Hall–Kier alpha value is -5.92. The number of hydrogen-bond acceptors (Lipinski definition) is 1. The summed E-state index contributed by atoms with van der Waals surface area (Å²) in [6.45, 7) is 14.8. The molecule has 2 atom stereocenters. The zero-order valence-corrected chi connectivity index (χ0v) is 29.2. The van der Waals surface area contributed by atoms with E-state index in [-0.39, 0.29) is 5.92 Å². The van der Waals surface area contributed by atoms with E-state index in [9.17, 15) is 0 Å². The van der Waals surface area contributed by atoms with Crippen LogP contribution in [0.3, 0.4) is 0 Å². The van der Waals surface area contributed by atoms with Gasteiger partial charge in [-0.1, -0.05) is 172 Å². The van der Waals surface area contributed by atoms with Crippen molar-refractivity contribution < 1.29 is 4.74 Å². The summed E-state index contributed by atoms with van der Waals surface area (Å²) in [5.74, 6) is 1.80. The van der Waals surface area contributed by atoms with Crippen LogP contribution < -0.4 is 4.74 Å². The van der Waals surface area contributed by atoms with Crippen molar-refractivity contribution in [3.63, 3.8) is 0 Å². The Kier molecular flexibility index (Phi) is 8.50. The van der Waals surface area contributed by atoms with Crippen molar-refractivity contribution in [2.24, 2.45) is 0 Å². The van der Waals surface area contributed by atoms with Crippen LogP contribution in [-0.2, 0) is 5.41 Å². The van der Waals surface area contributed by atoms with Crippen molar-refractivity contribution in [2.45, 2.75) is 37.5 Å². The number of benzene rings is 5. The Morgan fingerprint density at radius 2 is 1.43 bits per heavy atom. The van der Waals surface area contributed by atoms with Crippen LogP contribution >= 0.6 is 0 Å². The first-order chi connectivity index (χ1) is 25.1. The average molecular weight is 659 g/mol. The van der Waals surface area contributed by atoms with Crippen LogP contribution in [0.15, 0.2) is 200 Å². The van der Waals surface area contributed by atoms with E-state index in [1.54, 1.807) is 0 Å². The summed E-state index contributed by atoms with van der Waals surface area (Å²) in [5.41, 5.74) is 15.3. The van der Waals surface area contributed by atoms with E-state index in [1.807, 2.05) is 24.3 Å². The lowest BCUT2D eigenvalue weighted by Crippen LogP contribution is -2.34. The number of rotatable bonds is 9. The van der Waals surface area contributed by atoms with E-state index in [2.05, 4.69) is 160 Å². The van der Waals surface area contributed by atoms with Gasteiger partial charge in [0.25, 0.3) is 0 Å². The van der Waals surface area contributed by atoms with Crippen molar-refractivity contribution in [1.29, 1.82) is 0 Å². The summed E-state index contributed by atoms with van der Waals surface area (Å²) in [6.07, 6.45) is 18.0. The summed E-state index contributed by atoms with van der Waals surface area (Å²) in [4.78, 5) is 0. The molecule has 5 aromatic rings. The van der Waals surface area contributed by atoms with E-state index < -0.39 is 5.41 Å². The van der Waals surface area contributed by atoms with Crippen molar-refractivity contribution in [2.75, 3.05) is 0 Å². The second-order valence-electron chi connectivity index (χ2n) is 13.5. The molecule has 2 unspecified atom stereocenters. The summed E-state index contributed by atoms with van der Waals surface area (Å²) in [6, 6.07) is 42.2. The highest BCUT2D eigenvalue weighted by atomic mass is 16.5. The molecule has 1 nitrogen and oxygen atoms in total. The van der Waals surface area contributed by atoms with Gasteiger partial charge in [0.05, 0.1) is 5.41 Å². The fraction of sp³-hybridized carbons (Fsp3) is 0.120. The third-order valence-electron chi connectivity index (χ3n) is 10.8. The maximum Gasteiger partial charge on any atom is 0.132 e. The van der Waals surface area contributed by atoms with E-state index in [4.69, 9.17) is 4.74 Å². The van der Waals surface area contributed by atoms with Crippen molar-refractivity contribution >= 4 is 0 Å². The third kappa shape index (κ3) is 5.24. The maximum absolute atomic E-state index is 6.44. The highest BCUT2D eigenvalue weighted by molar-refractivity contribution is 5.90. The highest BCUT2D eigenvalue weighted by Gasteiger charge is 2.51. The molecule has 0 amide bonds. The molecule has 0 aromatic heterocycles. The Morgan fingerprint density at radius 1 is 0.725 bits per heavy atom. The van der Waals surface area contributed by atoms with Gasteiger partial charge in [0.2, 0.25) is 0 Å². The normalized spacial score (nSPS) is 17.9. The molecule has 0 bridgehead atoms. The predicted molar refractivity (Wildman–Crippen MR) is 215 cm³/mol. The van der Waals surface area contributed by atoms with Crippen LogP contribution in [0.5, 0.6) is 5.75 Å². The monoisotopic (exact) mass is 658 g/mol. The number of hydrogen-bond donors (Lipinski definition) is 0. The Balaban J connectivity index is 1.21. The van der Waals surface area contributed by atoms with E-state index >= 15 is 0 Å². The van der Waals surface area contributed by atoms with Gasteiger partial charge in [-0.15, -0.1) is 0 Å². The lowest BCUT2D eigenvalue weighted by atomic mass is 9.65. The number of para-hydroxylation sites is 1. The molecule has 248 valence electrons. The molecule has 0 N–H and O–H groups in total. The van der Waals surface area contributed by atoms with E-state index in [1.165, 1.54) is 61.2 Å². The van der Waals surface area contributed by atoms with Gasteiger partial charge in [-0.3, -0.25) is 0 Å². The van der Waals surface area contributed by atoms with Crippen LogP contribution in [0.1, 0.15) is 54.4 Å². The molecule has 2 aliphatic carbocycles. The third-order valence-corrected chi connectivity index (χ3v) is 10.8. The van der Waals surface area contributed by atoms with Crippen LogP contribution in [0.4, 0.5) is 0 Å². The minimum atomic E-state index is -0.570. The molecule has 1 heterocycles. The fourth-order valence-corrected chi connectivity index (χ4v) is 8.60. The minimum Gasteiger partial charge on any atom is -0.457 e. The number of allylic oxidation sites excluding steroid dienone is 10. The van der Waals surface area contributed by atoms with E-state index in [0.717, 1.165) is 41.9 Å². The molecular formula is C50H42O. The molecule has 0 radical (unpaired) electrons. The van der Waals surface area contributed by atoms with Gasteiger partial charge >= 0.3 is 0 Å². The molecule has 0 saturated heterocycles. The zero-order chi connectivity index (χ0) is 35.0. The van der Waals surface area contributed by atoms with Crippen molar-refractivity contribution in [3.8, 4) is 39.1 Å². The molecule has 3 aliphatic rings. The quantitative estimate of drug-likeness (QED) is 0.143. The average Bonchev–Trinajstić information content (AvgIpc) is 3.48. The summed E-state index contributed by atoms with van der Waals surface area (Å²) in [5, 5.41) is 0. The largest absolute Gasteiger partial charge is 0.457 e. The van der Waals surface area contributed by atoms with Gasteiger partial charge in [0, 0.05) is 17.1 Å². The molecule has 0 saturated carbocycles. The SMILES string of the molecule is C=CC1=C(C=C)C2(c3ccccc3O1)c1ccccc1-c1ccc(-c3ccc(-c4cccc(C(C5=CC=CCC5)/C(C=C)=C/CC)c4)cc3)cc12. The van der Waals surface area contributed by atoms with Crippen molar-refractivity contribution in [3.05, 3.63) is 222 Å². The standard InChI is InChI=1S/C50H42O/c1-5-17-34(6-2)49(37-18-10-9-11-19-37)40-21-16-20-38(32-40)35-26-28-36(29-27-35)39-30-31-42-41-22-12-13-23-44(41)50(46(42)33-39)43(7-3)47(8-4)51-48-25-15-14-24-45(48)50/h6-10,12-18,20-33,49H,2-5,11,19H2,1H3/b34-17+. The fourth-order valence-electron chi connectivity index (χ4n) is 8.60. The first-order valence-electron chi connectivity index (χ1n) is 18.0. The van der Waals surface area contributed by atoms with Crippen molar-refractivity contribution in [1.82, 2.24) is 0 Å². The maximum atomic E-state index is 6.44. The van der Waals surface area contributed by atoms with Gasteiger partial charge < -0.3 is 4.74 Å². The smallest absolute Gasteiger partial charge is 0.132 e. The summed E-state index contributed by atoms with van der Waals surface area (Å²) < 4.78 is 6.44. The lowest BCUT2D eigenvalue weighted by Gasteiger charge is -2.39. The van der Waals surface area contributed by atoms with Crippen LogP contribution in [0.2, 0.25) is 0 Å². The van der Waals surface area contributed by atoms with Gasteiger partial charge in [-0.05, 0) is 93.1 Å². The summed E-state index contributed by atoms with van der Waals surface area (Å²) in [7, 11) is 0. The first kappa shape index (κ1) is 32.3. The second kappa shape index (κ2) is 13.4. The van der Waals surface area contributed by atoms with Crippen LogP contribution in [0, 0.1) is 0 Å². The number of ether oxygens (including phenoxy) is 1. The highest BCUT2D eigenvalue weighted by Crippen LogP contribution is 2.61. The number of fused-ring (bicyclic) bond motifs is 7. The van der Waals surface area contributed by atoms with Gasteiger partial charge in [-0.2, -0.15) is 0 Å². The van der Waals surface area contributed by atoms with Crippen LogP contribution in [-0.4, -0.2) is 0 Å². The molecular weight excluding hydrogens is 617 g/mol. The molecule has 5 aromatic carbocycles. The summed E-state index contributed by atoms with van der Waals surface area (Å²) >= 11 is 0. The Bertz CT molecular complexity index is 2320. The van der Waals surface area contributed by atoms with E-state index in [0.29, 0.717) is 0 Å². The molecule has 51 heavy (non-hydrogen) atoms. The molecule has 1 aliphatic heterocycles. The molecule has 8 rings (SSSR count). The zero-order valence-electron chi connectivity index (χ0n) is 29.2. The second-order valence-corrected chi connectivity index (χ2v) is 13.5. The van der Waals surface area contributed by atoms with Gasteiger partial charge in [0.1, 0.15) is 11.5 Å². The molecule has 1 spiro atoms. The Labute approximate surface area is 302 Å². The van der Waals surface area contributed by atoms with Gasteiger partial charge in [0.15, 0.2) is 0 Å². The Morgan fingerprint density at radius 3 is 2.14 bits per heavy atom. The molecule has 0 fully saturated rings. The predicted octanol–water partition coefficient (Wildman–Crippen LogP) is 13.2. The lowest BCUT2D eigenvalue weighted by molar-refractivity contribution is 0.403. The van der Waals surface area contributed by atoms with Gasteiger partial charge in [-0.25, -0.2) is 0 Å². The molecule has 1 heteroatoms. The topological polar surface area (TPSA) is 9.23 Å². The first-order valence-corrected chi connectivity index (χ1v) is 18.0. The van der Waals surface area contributed by atoms with Crippen LogP contribution in [0.25, 0.3) is 33.4 Å². The minimum absolute atomic E-state index is 0.209.